The monoisotopic (exact) mass is 277 g/mol. The first kappa shape index (κ1) is 16.2. The van der Waals surface area contributed by atoms with E-state index in [0.717, 1.165) is 0 Å². The summed E-state index contributed by atoms with van der Waals surface area (Å²) in [4.78, 5) is 13.7. The number of aliphatic hydroxyl groups excluding tert-OH is 1. The fraction of sp³-hybridized carbons (Fsp3) is 0.438. The lowest BCUT2D eigenvalue weighted by Gasteiger charge is -2.26. The molecule has 1 aromatic rings. The lowest BCUT2D eigenvalue weighted by molar-refractivity contribution is 0.0741. The third-order valence-electron chi connectivity index (χ3n) is 2.57. The minimum atomic E-state index is -0.597. The summed E-state index contributed by atoms with van der Waals surface area (Å²) in [6.45, 7) is 6.30. The number of amides is 1. The Balaban J connectivity index is 2.94. The molecule has 0 aromatic heterocycles. The zero-order valence-electron chi connectivity index (χ0n) is 12.3. The molecule has 1 rings (SSSR count). The molecular formula is C16H20FNO2. The van der Waals surface area contributed by atoms with E-state index >= 15 is 0 Å². The van der Waals surface area contributed by atoms with E-state index in [4.69, 9.17) is 5.11 Å². The Morgan fingerprint density at radius 2 is 2.05 bits per heavy atom. The summed E-state index contributed by atoms with van der Waals surface area (Å²) < 4.78 is 13.9. The summed E-state index contributed by atoms with van der Waals surface area (Å²) in [5.74, 6) is 4.10. The summed E-state index contributed by atoms with van der Waals surface area (Å²) in [5, 5.41) is 8.59. The van der Waals surface area contributed by atoms with Gasteiger partial charge in [-0.05, 0) is 23.6 Å². The molecule has 1 N–H and O–H groups in total. The van der Waals surface area contributed by atoms with Crippen LogP contribution in [0.1, 0.15) is 36.7 Å². The molecule has 0 aliphatic carbocycles. The molecule has 0 radical (unpaired) electrons. The SMILES string of the molecule is CN(CC(C)(C)C)C(=O)c1ccc(C#CCO)cc1F. The third-order valence-corrected chi connectivity index (χ3v) is 2.57. The van der Waals surface area contributed by atoms with Gasteiger partial charge in [-0.3, -0.25) is 4.79 Å². The fourth-order valence-corrected chi connectivity index (χ4v) is 1.90. The summed E-state index contributed by atoms with van der Waals surface area (Å²) >= 11 is 0. The van der Waals surface area contributed by atoms with E-state index in [9.17, 15) is 9.18 Å². The summed E-state index contributed by atoms with van der Waals surface area (Å²) in [7, 11) is 1.66. The minimum Gasteiger partial charge on any atom is -0.384 e. The van der Waals surface area contributed by atoms with Gasteiger partial charge in [-0.25, -0.2) is 4.39 Å². The van der Waals surface area contributed by atoms with E-state index in [-0.39, 0.29) is 23.5 Å². The summed E-state index contributed by atoms with van der Waals surface area (Å²) in [6.07, 6.45) is 0. The van der Waals surface area contributed by atoms with E-state index in [0.29, 0.717) is 12.1 Å². The van der Waals surface area contributed by atoms with Crippen molar-refractivity contribution in [2.75, 3.05) is 20.2 Å². The summed E-state index contributed by atoms with van der Waals surface area (Å²) in [6, 6.07) is 4.21. The van der Waals surface area contributed by atoms with E-state index in [1.54, 1.807) is 13.1 Å². The number of hydrogen-bond acceptors (Lipinski definition) is 2. The topological polar surface area (TPSA) is 40.5 Å². The van der Waals surface area contributed by atoms with Gasteiger partial charge >= 0.3 is 0 Å². The molecule has 0 atom stereocenters. The molecule has 4 heteroatoms. The first-order chi connectivity index (χ1) is 9.24. The van der Waals surface area contributed by atoms with Crippen molar-refractivity contribution in [3.8, 4) is 11.8 Å². The Morgan fingerprint density at radius 1 is 1.40 bits per heavy atom. The average Bonchev–Trinajstić information content (AvgIpc) is 2.33. The standard InChI is InChI=1S/C16H20FNO2/c1-16(2,3)11-18(4)15(20)13-8-7-12(6-5-9-19)10-14(13)17/h7-8,10,19H,9,11H2,1-4H3. The predicted octanol–water partition coefficient (Wildman–Crippen LogP) is 2.29. The van der Waals surface area contributed by atoms with E-state index in [2.05, 4.69) is 11.8 Å². The van der Waals surface area contributed by atoms with Gasteiger partial charge in [-0.15, -0.1) is 0 Å². The Hall–Kier alpha value is -1.86. The van der Waals surface area contributed by atoms with Gasteiger partial charge in [0.15, 0.2) is 0 Å². The van der Waals surface area contributed by atoms with Crippen LogP contribution in [0.15, 0.2) is 18.2 Å². The second-order valence-electron chi connectivity index (χ2n) is 5.88. The van der Waals surface area contributed by atoms with Crippen LogP contribution in [0.2, 0.25) is 0 Å². The lowest BCUT2D eigenvalue weighted by Crippen LogP contribution is -2.34. The maximum Gasteiger partial charge on any atom is 0.256 e. The van der Waals surface area contributed by atoms with Gasteiger partial charge in [0, 0.05) is 19.2 Å². The zero-order chi connectivity index (χ0) is 15.3. The molecule has 3 nitrogen and oxygen atoms in total. The molecular weight excluding hydrogens is 257 g/mol. The van der Waals surface area contributed by atoms with Crippen molar-refractivity contribution in [3.05, 3.63) is 35.1 Å². The Morgan fingerprint density at radius 3 is 2.55 bits per heavy atom. The highest BCUT2D eigenvalue weighted by Crippen LogP contribution is 2.17. The first-order valence-corrected chi connectivity index (χ1v) is 6.39. The van der Waals surface area contributed by atoms with Gasteiger partial charge in [-0.2, -0.15) is 0 Å². The van der Waals surface area contributed by atoms with E-state index in [1.807, 2.05) is 20.8 Å². The second kappa shape index (κ2) is 6.53. The second-order valence-corrected chi connectivity index (χ2v) is 5.88. The number of nitrogens with zero attached hydrogens (tertiary/aromatic N) is 1. The van der Waals surface area contributed by atoms with Gasteiger partial charge in [0.25, 0.3) is 5.91 Å². The van der Waals surface area contributed by atoms with E-state index in [1.165, 1.54) is 17.0 Å². The lowest BCUT2D eigenvalue weighted by atomic mass is 9.96. The number of carbonyl (C=O) groups excluding carboxylic acids is 1. The molecule has 0 bridgehead atoms. The van der Waals surface area contributed by atoms with Crippen LogP contribution in [0, 0.1) is 23.1 Å². The summed E-state index contributed by atoms with van der Waals surface area (Å²) in [5.41, 5.74) is 0.422. The molecule has 0 heterocycles. The van der Waals surface area contributed by atoms with Crippen molar-refractivity contribution in [1.82, 2.24) is 4.90 Å². The van der Waals surface area contributed by atoms with Crippen LogP contribution in [0.3, 0.4) is 0 Å². The largest absolute Gasteiger partial charge is 0.384 e. The van der Waals surface area contributed by atoms with Gasteiger partial charge in [0.2, 0.25) is 0 Å². The van der Waals surface area contributed by atoms with Crippen molar-refractivity contribution in [3.63, 3.8) is 0 Å². The Labute approximate surface area is 119 Å². The highest BCUT2D eigenvalue weighted by Gasteiger charge is 2.21. The van der Waals surface area contributed by atoms with Crippen molar-refractivity contribution >= 4 is 5.91 Å². The highest BCUT2D eigenvalue weighted by molar-refractivity contribution is 5.94. The normalized spacial score (nSPS) is 10.7. The van der Waals surface area contributed by atoms with Crippen LogP contribution in [0.4, 0.5) is 4.39 Å². The molecule has 1 aromatic carbocycles. The number of hydrogen-bond donors (Lipinski definition) is 1. The predicted molar refractivity (Wildman–Crippen MR) is 76.8 cm³/mol. The molecule has 0 aliphatic heterocycles. The fourth-order valence-electron chi connectivity index (χ4n) is 1.90. The molecule has 20 heavy (non-hydrogen) atoms. The molecule has 0 saturated carbocycles. The van der Waals surface area contributed by atoms with Crippen molar-refractivity contribution < 1.29 is 14.3 Å². The quantitative estimate of drug-likeness (QED) is 0.843. The zero-order valence-corrected chi connectivity index (χ0v) is 12.3. The van der Waals surface area contributed by atoms with Crippen LogP contribution in [-0.4, -0.2) is 36.1 Å². The van der Waals surface area contributed by atoms with Crippen LogP contribution in [0.25, 0.3) is 0 Å². The van der Waals surface area contributed by atoms with Crippen LogP contribution in [-0.2, 0) is 0 Å². The molecule has 0 aliphatic rings. The number of carbonyl (C=O) groups is 1. The van der Waals surface area contributed by atoms with Gasteiger partial charge in [0.1, 0.15) is 12.4 Å². The Bertz CT molecular complexity index is 550. The maximum atomic E-state index is 13.9. The highest BCUT2D eigenvalue weighted by atomic mass is 19.1. The number of aliphatic hydroxyl groups is 1. The van der Waals surface area contributed by atoms with Crippen LogP contribution >= 0.6 is 0 Å². The molecule has 0 unspecified atom stereocenters. The molecule has 0 fully saturated rings. The third kappa shape index (κ3) is 4.67. The van der Waals surface area contributed by atoms with E-state index < -0.39 is 5.82 Å². The van der Waals surface area contributed by atoms with Gasteiger partial charge in [-0.1, -0.05) is 32.6 Å². The average molecular weight is 277 g/mol. The smallest absolute Gasteiger partial charge is 0.256 e. The van der Waals surface area contributed by atoms with Crippen LogP contribution in [0.5, 0.6) is 0 Å². The number of rotatable bonds is 2. The minimum absolute atomic E-state index is 0.0336. The number of benzene rings is 1. The molecule has 0 saturated heterocycles. The maximum absolute atomic E-state index is 13.9. The first-order valence-electron chi connectivity index (χ1n) is 6.39. The van der Waals surface area contributed by atoms with Crippen molar-refractivity contribution in [2.24, 2.45) is 5.41 Å². The molecule has 1 amide bonds. The van der Waals surface area contributed by atoms with Crippen molar-refractivity contribution in [1.29, 1.82) is 0 Å². The molecule has 0 spiro atoms. The van der Waals surface area contributed by atoms with Gasteiger partial charge < -0.3 is 10.0 Å². The Kier molecular flexibility index (Phi) is 5.29. The van der Waals surface area contributed by atoms with Crippen molar-refractivity contribution in [2.45, 2.75) is 20.8 Å². The van der Waals surface area contributed by atoms with Crippen LogP contribution < -0.4 is 0 Å². The number of halogens is 1. The molecule has 108 valence electrons. The van der Waals surface area contributed by atoms with Gasteiger partial charge in [0.05, 0.1) is 5.56 Å².